The van der Waals surface area contributed by atoms with E-state index in [9.17, 15) is 14.7 Å². The third-order valence-electron chi connectivity index (χ3n) is 5.13. The fourth-order valence-corrected chi connectivity index (χ4v) is 3.47. The molecule has 0 saturated heterocycles. The second-order valence-corrected chi connectivity index (χ2v) is 7.29. The lowest BCUT2D eigenvalue weighted by Gasteiger charge is -2.24. The highest BCUT2D eigenvalue weighted by molar-refractivity contribution is 6.00. The van der Waals surface area contributed by atoms with Crippen LogP contribution in [0, 0.1) is 0 Å². The minimum atomic E-state index is -1.52. The Kier molecular flexibility index (Phi) is 6.10. The fourth-order valence-electron chi connectivity index (χ4n) is 3.47. The molecule has 4 rings (SSSR count). The van der Waals surface area contributed by atoms with Crippen molar-refractivity contribution in [2.24, 2.45) is 0 Å². The van der Waals surface area contributed by atoms with E-state index in [0.717, 1.165) is 10.8 Å². The monoisotopic (exact) mass is 426 g/mol. The number of fused-ring (bicyclic) bond motifs is 1. The first-order valence-corrected chi connectivity index (χ1v) is 10.1. The average Bonchev–Trinajstić information content (AvgIpc) is 2.83. The van der Waals surface area contributed by atoms with Crippen molar-refractivity contribution in [2.45, 2.75) is 12.1 Å². The number of nitrogen functional groups attached to an aromatic ring is 1. The maximum atomic E-state index is 12.9. The molecular weight excluding hydrogens is 404 g/mol. The summed E-state index contributed by atoms with van der Waals surface area (Å²) in [6, 6.07) is 23.5. The SMILES string of the molecule is Nc1nccc2cc(NC(=O)C(O)C(NC(=O)c3ccccc3)c3ccccc3)ccc12. The maximum absolute atomic E-state index is 12.9. The summed E-state index contributed by atoms with van der Waals surface area (Å²) >= 11 is 0. The first-order valence-electron chi connectivity index (χ1n) is 10.1. The predicted octanol–water partition coefficient (Wildman–Crippen LogP) is 3.29. The summed E-state index contributed by atoms with van der Waals surface area (Å²) in [5.74, 6) is -0.637. The van der Waals surface area contributed by atoms with Gasteiger partial charge in [0.25, 0.3) is 11.8 Å². The van der Waals surface area contributed by atoms with Crippen LogP contribution in [0.15, 0.2) is 91.1 Å². The zero-order valence-electron chi connectivity index (χ0n) is 17.1. The molecular formula is C25H22N4O3. The summed E-state index contributed by atoms with van der Waals surface area (Å²) in [6.45, 7) is 0. The lowest BCUT2D eigenvalue weighted by atomic mass is 10.00. The number of nitrogens with one attached hydrogen (secondary N) is 2. The Bertz CT molecular complexity index is 1250. The van der Waals surface area contributed by atoms with Gasteiger partial charge in [-0.15, -0.1) is 0 Å². The van der Waals surface area contributed by atoms with Crippen LogP contribution >= 0.6 is 0 Å². The third kappa shape index (κ3) is 4.58. The van der Waals surface area contributed by atoms with Crippen molar-refractivity contribution in [3.63, 3.8) is 0 Å². The number of pyridine rings is 1. The molecule has 2 amide bonds. The predicted molar refractivity (Wildman–Crippen MR) is 124 cm³/mol. The average molecular weight is 426 g/mol. The molecule has 0 fully saturated rings. The van der Waals surface area contributed by atoms with Gasteiger partial charge in [-0.25, -0.2) is 4.98 Å². The van der Waals surface area contributed by atoms with Gasteiger partial charge in [0.05, 0.1) is 6.04 Å². The van der Waals surface area contributed by atoms with Crippen molar-refractivity contribution >= 4 is 34.1 Å². The van der Waals surface area contributed by atoms with Crippen LogP contribution in [0.5, 0.6) is 0 Å². The number of aliphatic hydroxyl groups excluding tert-OH is 1. The maximum Gasteiger partial charge on any atom is 0.255 e. The number of amides is 2. The van der Waals surface area contributed by atoms with Crippen LogP contribution < -0.4 is 16.4 Å². The number of benzene rings is 3. The first kappa shape index (κ1) is 21.0. The third-order valence-corrected chi connectivity index (χ3v) is 5.13. The molecule has 1 aromatic heterocycles. The van der Waals surface area contributed by atoms with Crippen LogP contribution in [-0.2, 0) is 4.79 Å². The molecule has 2 atom stereocenters. The van der Waals surface area contributed by atoms with E-state index >= 15 is 0 Å². The largest absolute Gasteiger partial charge is 0.383 e. The van der Waals surface area contributed by atoms with Gasteiger partial charge in [0.2, 0.25) is 0 Å². The Balaban J connectivity index is 1.57. The number of nitrogens with two attached hydrogens (primary N) is 1. The molecule has 0 bridgehead atoms. The molecule has 0 aliphatic carbocycles. The summed E-state index contributed by atoms with van der Waals surface area (Å²) in [4.78, 5) is 29.7. The Morgan fingerprint density at radius 1 is 0.906 bits per heavy atom. The summed E-state index contributed by atoms with van der Waals surface area (Å²) in [5, 5.41) is 18.0. The van der Waals surface area contributed by atoms with Gasteiger partial charge >= 0.3 is 0 Å². The Morgan fingerprint density at radius 2 is 1.59 bits per heavy atom. The van der Waals surface area contributed by atoms with Crippen molar-refractivity contribution in [1.29, 1.82) is 0 Å². The molecule has 4 aromatic rings. The molecule has 7 heteroatoms. The number of hydrogen-bond donors (Lipinski definition) is 4. The minimum absolute atomic E-state index is 0.389. The molecule has 160 valence electrons. The van der Waals surface area contributed by atoms with Gasteiger partial charge in [0.15, 0.2) is 6.10 Å². The van der Waals surface area contributed by atoms with Gasteiger partial charge in [0.1, 0.15) is 5.82 Å². The molecule has 3 aromatic carbocycles. The molecule has 0 aliphatic heterocycles. The molecule has 0 spiro atoms. The van der Waals surface area contributed by atoms with E-state index in [4.69, 9.17) is 5.73 Å². The smallest absolute Gasteiger partial charge is 0.255 e. The van der Waals surface area contributed by atoms with Gasteiger partial charge < -0.3 is 21.5 Å². The zero-order valence-corrected chi connectivity index (χ0v) is 17.1. The summed E-state index contributed by atoms with van der Waals surface area (Å²) in [6.07, 6.45) is 0.0612. The number of nitrogens with zero attached hydrogens (tertiary/aromatic N) is 1. The molecule has 0 aliphatic rings. The van der Waals surface area contributed by atoms with Gasteiger partial charge in [-0.3, -0.25) is 9.59 Å². The second-order valence-electron chi connectivity index (χ2n) is 7.29. The van der Waals surface area contributed by atoms with E-state index in [-0.39, 0.29) is 5.91 Å². The highest BCUT2D eigenvalue weighted by atomic mass is 16.3. The van der Waals surface area contributed by atoms with E-state index in [1.165, 1.54) is 0 Å². The van der Waals surface area contributed by atoms with Gasteiger partial charge in [-0.2, -0.15) is 0 Å². The number of carbonyl (C=O) groups is 2. The van der Waals surface area contributed by atoms with Crippen LogP contribution in [-0.4, -0.2) is 28.0 Å². The standard InChI is InChI=1S/C25H22N4O3/c26-23-20-12-11-19(15-18(20)13-14-27-23)28-25(32)22(30)21(16-7-3-1-4-8-16)29-24(31)17-9-5-2-6-10-17/h1-15,21-22,30H,(H2,26,27)(H,28,32)(H,29,31). The van der Waals surface area contributed by atoms with Gasteiger partial charge in [-0.05, 0) is 47.3 Å². The van der Waals surface area contributed by atoms with Crippen molar-refractivity contribution in [3.8, 4) is 0 Å². The van der Waals surface area contributed by atoms with E-state index in [1.807, 2.05) is 6.07 Å². The molecule has 2 unspecified atom stereocenters. The lowest BCUT2D eigenvalue weighted by Crippen LogP contribution is -2.42. The van der Waals surface area contributed by atoms with Crippen LogP contribution in [0.2, 0.25) is 0 Å². The Labute approximate surface area is 184 Å². The first-order chi connectivity index (χ1) is 15.5. The topological polar surface area (TPSA) is 117 Å². The highest BCUT2D eigenvalue weighted by Crippen LogP contribution is 2.24. The molecule has 5 N–H and O–H groups in total. The van der Waals surface area contributed by atoms with Crippen LogP contribution in [0.4, 0.5) is 11.5 Å². The quantitative estimate of drug-likeness (QED) is 0.377. The lowest BCUT2D eigenvalue weighted by molar-refractivity contribution is -0.125. The number of rotatable bonds is 6. The summed E-state index contributed by atoms with van der Waals surface area (Å²) in [7, 11) is 0. The van der Waals surface area contributed by atoms with Crippen LogP contribution in [0.25, 0.3) is 10.8 Å². The molecule has 0 saturated carbocycles. The van der Waals surface area contributed by atoms with E-state index in [2.05, 4.69) is 15.6 Å². The molecule has 1 heterocycles. The number of hydrogen-bond acceptors (Lipinski definition) is 5. The van der Waals surface area contributed by atoms with Crippen LogP contribution in [0.1, 0.15) is 22.0 Å². The number of carbonyl (C=O) groups excluding carboxylic acids is 2. The van der Waals surface area contributed by atoms with Gasteiger partial charge in [0, 0.05) is 22.8 Å². The van der Waals surface area contributed by atoms with E-state index in [0.29, 0.717) is 22.6 Å². The molecule has 32 heavy (non-hydrogen) atoms. The fraction of sp³-hybridized carbons (Fsp3) is 0.0800. The van der Waals surface area contributed by atoms with Crippen molar-refractivity contribution < 1.29 is 14.7 Å². The summed E-state index contributed by atoms with van der Waals surface area (Å²) in [5.41, 5.74) is 7.41. The number of anilines is 2. The van der Waals surface area contributed by atoms with Crippen LogP contribution in [0.3, 0.4) is 0 Å². The normalized spacial score (nSPS) is 12.7. The van der Waals surface area contributed by atoms with E-state index in [1.54, 1.807) is 85.1 Å². The second kappa shape index (κ2) is 9.28. The van der Waals surface area contributed by atoms with Crippen molar-refractivity contribution in [3.05, 3.63) is 102 Å². The summed E-state index contributed by atoms with van der Waals surface area (Å²) < 4.78 is 0. The Hall–Kier alpha value is -4.23. The van der Waals surface area contributed by atoms with E-state index < -0.39 is 18.1 Å². The van der Waals surface area contributed by atoms with Crippen molar-refractivity contribution in [2.75, 3.05) is 11.1 Å². The molecule has 7 nitrogen and oxygen atoms in total. The molecule has 0 radical (unpaired) electrons. The van der Waals surface area contributed by atoms with Gasteiger partial charge in [-0.1, -0.05) is 48.5 Å². The number of aromatic nitrogens is 1. The Morgan fingerprint density at radius 3 is 2.31 bits per heavy atom. The van der Waals surface area contributed by atoms with Crippen molar-refractivity contribution in [1.82, 2.24) is 10.3 Å². The zero-order chi connectivity index (χ0) is 22.5. The highest BCUT2D eigenvalue weighted by Gasteiger charge is 2.29. The number of aliphatic hydroxyl groups is 1. The minimum Gasteiger partial charge on any atom is -0.383 e.